The number of carbonyl (C=O) groups is 1. The second kappa shape index (κ2) is 6.24. The molecule has 0 radical (unpaired) electrons. The highest BCUT2D eigenvalue weighted by Crippen LogP contribution is 2.25. The van der Waals surface area contributed by atoms with Gasteiger partial charge in [0.05, 0.1) is 12.0 Å². The van der Waals surface area contributed by atoms with E-state index in [0.717, 1.165) is 0 Å². The Bertz CT molecular complexity index is 593. The van der Waals surface area contributed by atoms with Crippen LogP contribution in [0.5, 0.6) is 0 Å². The molecular formula is C13H18BrNO4S. The number of methoxy groups -OCH3 is 1. The van der Waals surface area contributed by atoms with Gasteiger partial charge in [-0.25, -0.2) is 8.42 Å². The van der Waals surface area contributed by atoms with Crippen LogP contribution in [0.3, 0.4) is 0 Å². The minimum atomic E-state index is -3.83. The van der Waals surface area contributed by atoms with Crippen molar-refractivity contribution in [3.05, 3.63) is 28.7 Å². The first-order valence-electron chi connectivity index (χ1n) is 5.94. The van der Waals surface area contributed by atoms with Crippen molar-refractivity contribution < 1.29 is 17.9 Å². The normalized spacial score (nSPS) is 13.8. The van der Waals surface area contributed by atoms with Crippen LogP contribution < -0.4 is 4.72 Å². The third kappa shape index (κ3) is 4.04. The van der Waals surface area contributed by atoms with Crippen molar-refractivity contribution in [1.82, 2.24) is 4.72 Å². The van der Waals surface area contributed by atoms with Gasteiger partial charge in [-0.05, 0) is 33.5 Å². The number of esters is 1. The van der Waals surface area contributed by atoms with E-state index in [-0.39, 0.29) is 4.90 Å². The first-order valence-corrected chi connectivity index (χ1v) is 8.22. The van der Waals surface area contributed by atoms with Crippen molar-refractivity contribution in [3.8, 4) is 0 Å². The molecule has 0 fully saturated rings. The zero-order chi connectivity index (χ0) is 15.6. The molecule has 0 spiro atoms. The van der Waals surface area contributed by atoms with Gasteiger partial charge in [0.15, 0.2) is 0 Å². The highest BCUT2D eigenvalue weighted by molar-refractivity contribution is 9.10. The topological polar surface area (TPSA) is 72.5 Å². The van der Waals surface area contributed by atoms with Crippen molar-refractivity contribution in [2.75, 3.05) is 7.11 Å². The van der Waals surface area contributed by atoms with Crippen LogP contribution in [-0.2, 0) is 19.6 Å². The van der Waals surface area contributed by atoms with Crippen molar-refractivity contribution >= 4 is 31.9 Å². The molecule has 0 aliphatic heterocycles. The standard InChI is InChI=1S/C13H18BrNO4S/c1-13(2,3)11(12(16)19-4)15-20(17,18)10-8-6-5-7-9(10)14/h5-8,11,15H,1-4H3. The van der Waals surface area contributed by atoms with Gasteiger partial charge in [-0.15, -0.1) is 0 Å². The zero-order valence-corrected chi connectivity index (χ0v) is 14.2. The number of halogens is 1. The van der Waals surface area contributed by atoms with E-state index in [2.05, 4.69) is 25.4 Å². The van der Waals surface area contributed by atoms with Gasteiger partial charge in [0, 0.05) is 4.47 Å². The molecule has 1 N–H and O–H groups in total. The van der Waals surface area contributed by atoms with Crippen LogP contribution in [0.25, 0.3) is 0 Å². The average molecular weight is 364 g/mol. The van der Waals surface area contributed by atoms with Crippen LogP contribution in [0, 0.1) is 5.41 Å². The van der Waals surface area contributed by atoms with Crippen LogP contribution >= 0.6 is 15.9 Å². The van der Waals surface area contributed by atoms with Gasteiger partial charge >= 0.3 is 5.97 Å². The van der Waals surface area contributed by atoms with E-state index in [1.807, 2.05) is 0 Å². The van der Waals surface area contributed by atoms with Crippen LogP contribution in [0.1, 0.15) is 20.8 Å². The Hall–Kier alpha value is -0.920. The number of hydrogen-bond donors (Lipinski definition) is 1. The molecule has 0 saturated heterocycles. The number of sulfonamides is 1. The fourth-order valence-corrected chi connectivity index (χ4v) is 3.97. The van der Waals surface area contributed by atoms with E-state index in [1.165, 1.54) is 13.2 Å². The van der Waals surface area contributed by atoms with Gasteiger partial charge in [0.1, 0.15) is 6.04 Å². The Morgan fingerprint density at radius 3 is 2.30 bits per heavy atom. The van der Waals surface area contributed by atoms with Crippen molar-refractivity contribution in [1.29, 1.82) is 0 Å². The molecule has 1 aromatic carbocycles. The molecule has 0 heterocycles. The summed E-state index contributed by atoms with van der Waals surface area (Å²) in [6.07, 6.45) is 0. The molecule has 7 heteroatoms. The summed E-state index contributed by atoms with van der Waals surface area (Å²) in [4.78, 5) is 11.9. The van der Waals surface area contributed by atoms with Gasteiger partial charge < -0.3 is 4.74 Å². The number of ether oxygens (including phenoxy) is 1. The summed E-state index contributed by atoms with van der Waals surface area (Å²) in [5, 5.41) is 0. The largest absolute Gasteiger partial charge is 0.468 e. The molecule has 20 heavy (non-hydrogen) atoms. The lowest BCUT2D eigenvalue weighted by atomic mass is 9.87. The molecule has 1 rings (SSSR count). The van der Waals surface area contributed by atoms with E-state index in [1.54, 1.807) is 39.0 Å². The van der Waals surface area contributed by atoms with Crippen LogP contribution in [0.2, 0.25) is 0 Å². The molecule has 1 aromatic rings. The highest BCUT2D eigenvalue weighted by Gasteiger charge is 2.36. The summed E-state index contributed by atoms with van der Waals surface area (Å²) in [5.41, 5.74) is -0.610. The monoisotopic (exact) mass is 363 g/mol. The van der Waals surface area contributed by atoms with E-state index in [9.17, 15) is 13.2 Å². The molecular weight excluding hydrogens is 346 g/mol. The SMILES string of the molecule is COC(=O)C(NS(=O)(=O)c1ccccc1Br)C(C)(C)C. The molecule has 0 amide bonds. The second-order valence-corrected chi connectivity index (χ2v) is 7.91. The summed E-state index contributed by atoms with van der Waals surface area (Å²) in [5.74, 6) is -0.617. The Morgan fingerprint density at radius 1 is 1.30 bits per heavy atom. The molecule has 0 aromatic heterocycles. The van der Waals surface area contributed by atoms with Gasteiger partial charge in [-0.2, -0.15) is 4.72 Å². The van der Waals surface area contributed by atoms with Gasteiger partial charge in [0.2, 0.25) is 10.0 Å². The predicted octanol–water partition coefficient (Wildman–Crippen LogP) is 2.32. The Labute approximate surface area is 127 Å². The van der Waals surface area contributed by atoms with Gasteiger partial charge in [-0.3, -0.25) is 4.79 Å². The number of nitrogens with one attached hydrogen (secondary N) is 1. The van der Waals surface area contributed by atoms with E-state index in [4.69, 9.17) is 0 Å². The number of benzene rings is 1. The van der Waals surface area contributed by atoms with Crippen molar-refractivity contribution in [2.45, 2.75) is 31.7 Å². The summed E-state index contributed by atoms with van der Waals surface area (Å²) < 4.78 is 32.3. The minimum absolute atomic E-state index is 0.0816. The van der Waals surface area contributed by atoms with Crippen LogP contribution in [0.15, 0.2) is 33.6 Å². The fourth-order valence-electron chi connectivity index (χ4n) is 1.58. The smallest absolute Gasteiger partial charge is 0.324 e. The molecule has 0 aliphatic rings. The maximum atomic E-state index is 12.4. The minimum Gasteiger partial charge on any atom is -0.468 e. The lowest BCUT2D eigenvalue weighted by Crippen LogP contribution is -2.49. The quantitative estimate of drug-likeness (QED) is 0.833. The van der Waals surface area contributed by atoms with Crippen LogP contribution in [0.4, 0.5) is 0 Å². The third-order valence-corrected chi connectivity index (χ3v) is 5.14. The molecule has 112 valence electrons. The number of hydrogen-bond acceptors (Lipinski definition) is 4. The molecule has 0 saturated carbocycles. The third-order valence-electron chi connectivity index (χ3n) is 2.70. The highest BCUT2D eigenvalue weighted by atomic mass is 79.9. The summed E-state index contributed by atoms with van der Waals surface area (Å²) in [6.45, 7) is 5.28. The average Bonchev–Trinajstić information content (AvgIpc) is 2.34. The van der Waals surface area contributed by atoms with Crippen molar-refractivity contribution in [3.63, 3.8) is 0 Å². The summed E-state index contributed by atoms with van der Waals surface area (Å²) in [7, 11) is -2.60. The first-order chi connectivity index (χ1) is 9.09. The Morgan fingerprint density at radius 2 is 1.85 bits per heavy atom. The molecule has 1 atom stereocenters. The molecule has 0 bridgehead atoms. The zero-order valence-electron chi connectivity index (χ0n) is 11.8. The lowest BCUT2D eigenvalue weighted by molar-refractivity contribution is -0.145. The molecule has 5 nitrogen and oxygen atoms in total. The molecule has 0 aliphatic carbocycles. The number of rotatable bonds is 4. The lowest BCUT2D eigenvalue weighted by Gasteiger charge is -2.28. The van der Waals surface area contributed by atoms with E-state index in [0.29, 0.717) is 4.47 Å². The molecule has 1 unspecified atom stereocenters. The Balaban J connectivity index is 3.17. The summed E-state index contributed by atoms with van der Waals surface area (Å²) in [6, 6.07) is 5.45. The van der Waals surface area contributed by atoms with Gasteiger partial charge in [-0.1, -0.05) is 32.9 Å². The maximum Gasteiger partial charge on any atom is 0.324 e. The number of carbonyl (C=O) groups excluding carboxylic acids is 1. The van der Waals surface area contributed by atoms with Crippen molar-refractivity contribution in [2.24, 2.45) is 5.41 Å². The predicted molar refractivity (Wildman–Crippen MR) is 79.7 cm³/mol. The fraction of sp³-hybridized carbons (Fsp3) is 0.462. The van der Waals surface area contributed by atoms with Crippen LogP contribution in [-0.4, -0.2) is 27.5 Å². The Kier molecular flexibility index (Phi) is 5.34. The summed E-state index contributed by atoms with van der Waals surface area (Å²) >= 11 is 3.19. The first kappa shape index (κ1) is 17.1. The van der Waals surface area contributed by atoms with E-state index < -0.39 is 27.4 Å². The van der Waals surface area contributed by atoms with Gasteiger partial charge in [0.25, 0.3) is 0 Å². The van der Waals surface area contributed by atoms with E-state index >= 15 is 0 Å². The second-order valence-electron chi connectivity index (χ2n) is 5.37. The maximum absolute atomic E-state index is 12.4.